The lowest BCUT2D eigenvalue weighted by molar-refractivity contribution is -0.125. The van der Waals surface area contributed by atoms with Gasteiger partial charge in [-0.2, -0.15) is 0 Å². The van der Waals surface area contributed by atoms with Crippen molar-refractivity contribution in [1.29, 1.82) is 0 Å². The van der Waals surface area contributed by atoms with Crippen LogP contribution in [0.3, 0.4) is 0 Å². The first-order chi connectivity index (χ1) is 8.58. The molecular formula is C13H16F2N2O. The fourth-order valence-corrected chi connectivity index (χ4v) is 2.20. The molecular weight excluding hydrogens is 238 g/mol. The molecule has 0 radical (unpaired) electrons. The van der Waals surface area contributed by atoms with Gasteiger partial charge in [-0.05, 0) is 26.0 Å². The Bertz CT molecular complexity index is 451. The average molecular weight is 254 g/mol. The lowest BCUT2D eigenvalue weighted by atomic mass is 10.0. The zero-order valence-electron chi connectivity index (χ0n) is 10.2. The van der Waals surface area contributed by atoms with Gasteiger partial charge in [0.2, 0.25) is 5.91 Å². The van der Waals surface area contributed by atoms with E-state index in [4.69, 9.17) is 0 Å². The Hall–Kier alpha value is -1.49. The van der Waals surface area contributed by atoms with Crippen LogP contribution in [-0.2, 0) is 11.3 Å². The van der Waals surface area contributed by atoms with Crippen molar-refractivity contribution >= 4 is 5.91 Å². The molecule has 2 N–H and O–H groups in total. The van der Waals surface area contributed by atoms with Crippen LogP contribution in [0.15, 0.2) is 18.2 Å². The Labute approximate surface area is 105 Å². The van der Waals surface area contributed by atoms with Crippen LogP contribution >= 0.6 is 0 Å². The Morgan fingerprint density at radius 2 is 2.28 bits per heavy atom. The SMILES string of the molecule is CC1NCCC1C(=O)NCc1ccc(F)cc1F. The van der Waals surface area contributed by atoms with Gasteiger partial charge in [0.1, 0.15) is 11.6 Å². The fraction of sp³-hybridized carbons (Fsp3) is 0.462. The van der Waals surface area contributed by atoms with Gasteiger partial charge >= 0.3 is 0 Å². The molecule has 1 aromatic rings. The molecule has 2 unspecified atom stereocenters. The lowest BCUT2D eigenvalue weighted by Gasteiger charge is -2.15. The molecule has 18 heavy (non-hydrogen) atoms. The minimum atomic E-state index is -0.632. The summed E-state index contributed by atoms with van der Waals surface area (Å²) in [5, 5.41) is 5.87. The Morgan fingerprint density at radius 1 is 1.50 bits per heavy atom. The molecule has 98 valence electrons. The predicted octanol–water partition coefficient (Wildman–Crippen LogP) is 1.58. The summed E-state index contributed by atoms with van der Waals surface area (Å²) in [6.45, 7) is 2.87. The number of rotatable bonds is 3. The van der Waals surface area contributed by atoms with Crippen molar-refractivity contribution in [3.05, 3.63) is 35.4 Å². The normalized spacial score (nSPS) is 23.1. The van der Waals surface area contributed by atoms with Gasteiger partial charge in [-0.25, -0.2) is 8.78 Å². The summed E-state index contributed by atoms with van der Waals surface area (Å²) in [6.07, 6.45) is 0.791. The molecule has 0 aliphatic carbocycles. The highest BCUT2D eigenvalue weighted by Gasteiger charge is 2.29. The maximum absolute atomic E-state index is 13.4. The van der Waals surface area contributed by atoms with Gasteiger partial charge in [-0.3, -0.25) is 4.79 Å². The highest BCUT2D eigenvalue weighted by Crippen LogP contribution is 2.15. The number of hydrogen-bond donors (Lipinski definition) is 2. The number of benzene rings is 1. The van der Waals surface area contributed by atoms with Gasteiger partial charge in [-0.15, -0.1) is 0 Å². The number of hydrogen-bond acceptors (Lipinski definition) is 2. The number of amides is 1. The Balaban J connectivity index is 1.93. The number of nitrogens with one attached hydrogen (secondary N) is 2. The van der Waals surface area contributed by atoms with Crippen molar-refractivity contribution in [3.8, 4) is 0 Å². The molecule has 1 amide bonds. The minimum Gasteiger partial charge on any atom is -0.352 e. The molecule has 3 nitrogen and oxygen atoms in total. The number of halogens is 2. The smallest absolute Gasteiger partial charge is 0.224 e. The van der Waals surface area contributed by atoms with E-state index in [1.807, 2.05) is 6.92 Å². The van der Waals surface area contributed by atoms with Crippen LogP contribution < -0.4 is 10.6 Å². The van der Waals surface area contributed by atoms with Gasteiger partial charge in [0.15, 0.2) is 0 Å². The van der Waals surface area contributed by atoms with Crippen molar-refractivity contribution in [2.24, 2.45) is 5.92 Å². The molecule has 0 aromatic heterocycles. The third kappa shape index (κ3) is 2.85. The summed E-state index contributed by atoms with van der Waals surface area (Å²) in [5.41, 5.74) is 0.295. The third-order valence-electron chi connectivity index (χ3n) is 3.33. The molecule has 5 heteroatoms. The summed E-state index contributed by atoms with van der Waals surface area (Å²) in [6, 6.07) is 3.50. The molecule has 0 bridgehead atoms. The topological polar surface area (TPSA) is 41.1 Å². The van der Waals surface area contributed by atoms with Gasteiger partial charge < -0.3 is 10.6 Å². The standard InChI is InChI=1S/C13H16F2N2O/c1-8-11(4-5-16-8)13(18)17-7-9-2-3-10(14)6-12(9)15/h2-3,6,8,11,16H,4-5,7H2,1H3,(H,17,18). The quantitative estimate of drug-likeness (QED) is 0.860. The van der Waals surface area contributed by atoms with Crippen LogP contribution in [0, 0.1) is 17.6 Å². The summed E-state index contributed by atoms with van der Waals surface area (Å²) < 4.78 is 26.1. The van der Waals surface area contributed by atoms with E-state index in [2.05, 4.69) is 10.6 Å². The van der Waals surface area contributed by atoms with Crippen LogP contribution in [0.5, 0.6) is 0 Å². The van der Waals surface area contributed by atoms with E-state index in [0.717, 1.165) is 19.0 Å². The Morgan fingerprint density at radius 3 is 2.89 bits per heavy atom. The van der Waals surface area contributed by atoms with Crippen LogP contribution in [0.4, 0.5) is 8.78 Å². The van der Waals surface area contributed by atoms with Gasteiger partial charge in [0, 0.05) is 24.2 Å². The van der Waals surface area contributed by atoms with Crippen molar-refractivity contribution < 1.29 is 13.6 Å². The molecule has 1 fully saturated rings. The summed E-state index contributed by atoms with van der Waals surface area (Å²) in [5.74, 6) is -1.41. The van der Waals surface area contributed by atoms with Gasteiger partial charge in [0.25, 0.3) is 0 Å². The minimum absolute atomic E-state index is 0.0755. The summed E-state index contributed by atoms with van der Waals surface area (Å²) in [4.78, 5) is 11.9. The van der Waals surface area contributed by atoms with Crippen LogP contribution in [-0.4, -0.2) is 18.5 Å². The molecule has 1 saturated heterocycles. The molecule has 1 aromatic carbocycles. The van der Waals surface area contributed by atoms with E-state index >= 15 is 0 Å². The summed E-state index contributed by atoms with van der Waals surface area (Å²) >= 11 is 0. The molecule has 1 aliphatic heterocycles. The van der Waals surface area contributed by atoms with Crippen molar-refractivity contribution in [3.63, 3.8) is 0 Å². The highest BCUT2D eigenvalue weighted by molar-refractivity contribution is 5.79. The lowest BCUT2D eigenvalue weighted by Crippen LogP contribution is -2.36. The highest BCUT2D eigenvalue weighted by atomic mass is 19.1. The van der Waals surface area contributed by atoms with E-state index < -0.39 is 11.6 Å². The Kier molecular flexibility index (Phi) is 3.91. The van der Waals surface area contributed by atoms with E-state index in [1.54, 1.807) is 0 Å². The molecule has 1 heterocycles. The molecule has 0 spiro atoms. The zero-order valence-corrected chi connectivity index (χ0v) is 10.2. The maximum atomic E-state index is 13.4. The van der Waals surface area contributed by atoms with Crippen molar-refractivity contribution in [1.82, 2.24) is 10.6 Å². The molecule has 2 rings (SSSR count). The number of carbonyl (C=O) groups is 1. The van der Waals surface area contributed by atoms with Gasteiger partial charge in [-0.1, -0.05) is 6.07 Å². The van der Waals surface area contributed by atoms with Crippen molar-refractivity contribution in [2.45, 2.75) is 25.9 Å². The number of carbonyl (C=O) groups excluding carboxylic acids is 1. The molecule has 0 saturated carbocycles. The summed E-state index contributed by atoms with van der Waals surface area (Å²) in [7, 11) is 0. The zero-order chi connectivity index (χ0) is 13.1. The first kappa shape index (κ1) is 13.0. The fourth-order valence-electron chi connectivity index (χ4n) is 2.20. The second-order valence-electron chi connectivity index (χ2n) is 4.59. The first-order valence-electron chi connectivity index (χ1n) is 6.03. The van der Waals surface area contributed by atoms with E-state index in [-0.39, 0.29) is 24.4 Å². The second kappa shape index (κ2) is 5.44. The second-order valence-corrected chi connectivity index (χ2v) is 4.59. The largest absolute Gasteiger partial charge is 0.352 e. The van der Waals surface area contributed by atoms with Crippen LogP contribution in [0.2, 0.25) is 0 Å². The predicted molar refractivity (Wildman–Crippen MR) is 63.8 cm³/mol. The molecule has 1 aliphatic rings. The van der Waals surface area contributed by atoms with Crippen molar-refractivity contribution in [2.75, 3.05) is 6.54 Å². The first-order valence-corrected chi connectivity index (χ1v) is 6.03. The van der Waals surface area contributed by atoms with E-state index in [0.29, 0.717) is 5.56 Å². The maximum Gasteiger partial charge on any atom is 0.224 e. The van der Waals surface area contributed by atoms with Gasteiger partial charge in [0.05, 0.1) is 5.92 Å². The monoisotopic (exact) mass is 254 g/mol. The van der Waals surface area contributed by atoms with E-state index in [9.17, 15) is 13.6 Å². The third-order valence-corrected chi connectivity index (χ3v) is 3.33. The van der Waals surface area contributed by atoms with E-state index in [1.165, 1.54) is 12.1 Å². The van der Waals surface area contributed by atoms with Crippen LogP contribution in [0.25, 0.3) is 0 Å². The van der Waals surface area contributed by atoms with Crippen LogP contribution in [0.1, 0.15) is 18.9 Å². The molecule has 2 atom stereocenters. The average Bonchev–Trinajstić information content (AvgIpc) is 2.74.